The van der Waals surface area contributed by atoms with E-state index in [-0.39, 0.29) is 24.5 Å². The topological polar surface area (TPSA) is 82.0 Å². The molecule has 13 heteroatoms. The highest BCUT2D eigenvalue weighted by Crippen LogP contribution is 2.35. The number of aromatic nitrogens is 3. The molecule has 0 atom stereocenters. The number of likely N-dealkylation sites (N-methyl/N-ethyl adjacent to an activating group) is 1. The first-order chi connectivity index (χ1) is 19.7. The lowest BCUT2D eigenvalue weighted by molar-refractivity contribution is -0.138. The summed E-state index contributed by atoms with van der Waals surface area (Å²) in [5.74, 6) is 0.0847. The zero-order chi connectivity index (χ0) is 28.8. The monoisotopic (exact) mass is 572 g/mol. The molecule has 218 valence electrons. The molecule has 2 aromatic heterocycles. The Morgan fingerprint density at radius 2 is 1.76 bits per heavy atom. The molecule has 2 fully saturated rings. The molecule has 0 unspecified atom stereocenters. The van der Waals surface area contributed by atoms with Crippen molar-refractivity contribution in [2.24, 2.45) is 4.99 Å². The van der Waals surface area contributed by atoms with Crippen LogP contribution in [0.15, 0.2) is 47.7 Å². The Balaban J connectivity index is 1.25. The molecule has 3 aromatic rings. The van der Waals surface area contributed by atoms with Crippen LogP contribution in [0.2, 0.25) is 0 Å². The molecule has 1 N–H and O–H groups in total. The van der Waals surface area contributed by atoms with Gasteiger partial charge in [-0.3, -0.25) is 14.9 Å². The number of hydrogen-bond donors (Lipinski definition) is 1. The summed E-state index contributed by atoms with van der Waals surface area (Å²) in [5.41, 5.74) is 0.995. The fraction of sp³-hybridized carbons (Fsp3) is 0.429. The van der Waals surface area contributed by atoms with E-state index >= 15 is 0 Å². The van der Waals surface area contributed by atoms with Crippen LogP contribution in [0.3, 0.4) is 0 Å². The molecule has 0 saturated carbocycles. The van der Waals surface area contributed by atoms with Crippen molar-refractivity contribution in [2.75, 3.05) is 69.7 Å². The summed E-state index contributed by atoms with van der Waals surface area (Å²) < 4.78 is 61.5. The second kappa shape index (κ2) is 12.9. The smallest absolute Gasteiger partial charge is 0.378 e. The third-order valence-electron chi connectivity index (χ3n) is 7.02. The standard InChI is InChI=1S/C28H32F4N8O/c1-38-6-8-39(9-7-38)19-20-2-3-21(15-24(20)28(30,31)32)36-22-4-5-34-23(14-22)16-33-18-26-35-17-25(29)27(37-26)40-10-12-41-13-11-40/h2-5,14-17H,6-13,18-19H2,1H3,(H,34,36). The predicted octanol–water partition coefficient (Wildman–Crippen LogP) is 3.98. The van der Waals surface area contributed by atoms with E-state index in [4.69, 9.17) is 4.74 Å². The van der Waals surface area contributed by atoms with E-state index in [0.717, 1.165) is 38.4 Å². The maximum atomic E-state index is 14.3. The van der Waals surface area contributed by atoms with E-state index in [1.54, 1.807) is 30.5 Å². The van der Waals surface area contributed by atoms with Crippen LogP contribution in [-0.4, -0.2) is 90.5 Å². The summed E-state index contributed by atoms with van der Waals surface area (Å²) in [4.78, 5) is 23.0. The second-order valence-corrected chi connectivity index (χ2v) is 10.1. The van der Waals surface area contributed by atoms with Crippen molar-refractivity contribution in [3.05, 3.63) is 71.2 Å². The number of pyridine rings is 1. The summed E-state index contributed by atoms with van der Waals surface area (Å²) in [6.45, 7) is 5.60. The Morgan fingerprint density at radius 3 is 2.51 bits per heavy atom. The number of piperazine rings is 1. The van der Waals surface area contributed by atoms with Gasteiger partial charge in [-0.05, 0) is 36.9 Å². The average Bonchev–Trinajstić information content (AvgIpc) is 2.96. The fourth-order valence-electron chi connectivity index (χ4n) is 4.75. The van der Waals surface area contributed by atoms with Gasteiger partial charge in [0, 0.05) is 69.6 Å². The molecule has 9 nitrogen and oxygen atoms in total. The van der Waals surface area contributed by atoms with Gasteiger partial charge in [0.05, 0.1) is 37.2 Å². The molecule has 2 aliphatic heterocycles. The third-order valence-corrected chi connectivity index (χ3v) is 7.02. The molecule has 1 aromatic carbocycles. The van der Waals surface area contributed by atoms with Crippen LogP contribution in [0.1, 0.15) is 22.6 Å². The van der Waals surface area contributed by atoms with E-state index < -0.39 is 17.6 Å². The quantitative estimate of drug-likeness (QED) is 0.321. The van der Waals surface area contributed by atoms with Gasteiger partial charge in [-0.25, -0.2) is 14.4 Å². The lowest BCUT2D eigenvalue weighted by atomic mass is 10.0. The summed E-state index contributed by atoms with van der Waals surface area (Å²) in [6, 6.07) is 7.70. The molecule has 41 heavy (non-hydrogen) atoms. The van der Waals surface area contributed by atoms with Gasteiger partial charge in [-0.15, -0.1) is 0 Å². The third kappa shape index (κ3) is 7.75. The summed E-state index contributed by atoms with van der Waals surface area (Å²) in [6.07, 6.45) is -0.273. The van der Waals surface area contributed by atoms with Gasteiger partial charge in [0.15, 0.2) is 17.5 Å². The minimum Gasteiger partial charge on any atom is -0.378 e. The number of benzene rings is 1. The normalized spacial score (nSPS) is 17.3. The van der Waals surface area contributed by atoms with Gasteiger partial charge in [0.2, 0.25) is 0 Å². The van der Waals surface area contributed by atoms with E-state index in [0.29, 0.717) is 49.2 Å². The number of alkyl halides is 3. The highest BCUT2D eigenvalue weighted by Gasteiger charge is 2.34. The second-order valence-electron chi connectivity index (χ2n) is 10.1. The van der Waals surface area contributed by atoms with Crippen molar-refractivity contribution in [3.8, 4) is 0 Å². The molecule has 0 radical (unpaired) electrons. The fourth-order valence-corrected chi connectivity index (χ4v) is 4.75. The van der Waals surface area contributed by atoms with Crippen LogP contribution in [0.25, 0.3) is 0 Å². The number of ether oxygens (including phenoxy) is 1. The van der Waals surface area contributed by atoms with Crippen LogP contribution in [0.5, 0.6) is 0 Å². The van der Waals surface area contributed by atoms with Crippen molar-refractivity contribution in [3.63, 3.8) is 0 Å². The number of rotatable bonds is 8. The molecule has 2 saturated heterocycles. The number of nitrogens with zero attached hydrogens (tertiary/aromatic N) is 7. The first-order valence-corrected chi connectivity index (χ1v) is 13.4. The molecule has 2 aliphatic rings. The van der Waals surface area contributed by atoms with Gasteiger partial charge in [0.1, 0.15) is 0 Å². The largest absolute Gasteiger partial charge is 0.416 e. The van der Waals surface area contributed by atoms with Crippen molar-refractivity contribution < 1.29 is 22.3 Å². The van der Waals surface area contributed by atoms with Gasteiger partial charge < -0.3 is 19.9 Å². The van der Waals surface area contributed by atoms with E-state index in [9.17, 15) is 17.6 Å². The Kier molecular flexibility index (Phi) is 9.06. The average molecular weight is 573 g/mol. The summed E-state index contributed by atoms with van der Waals surface area (Å²) >= 11 is 0. The van der Waals surface area contributed by atoms with Gasteiger partial charge in [0.25, 0.3) is 0 Å². The van der Waals surface area contributed by atoms with Gasteiger partial charge in [-0.2, -0.15) is 13.2 Å². The molecule has 5 rings (SSSR count). The predicted molar refractivity (Wildman–Crippen MR) is 148 cm³/mol. The Bertz CT molecular complexity index is 1360. The zero-order valence-corrected chi connectivity index (χ0v) is 22.7. The van der Waals surface area contributed by atoms with Crippen LogP contribution < -0.4 is 10.2 Å². The summed E-state index contributed by atoms with van der Waals surface area (Å²) in [5, 5.41) is 3.05. The maximum Gasteiger partial charge on any atom is 0.416 e. The molecular weight excluding hydrogens is 540 g/mol. The number of anilines is 3. The zero-order valence-electron chi connectivity index (χ0n) is 22.7. The maximum absolute atomic E-state index is 14.3. The van der Waals surface area contributed by atoms with E-state index in [2.05, 4.69) is 30.2 Å². The van der Waals surface area contributed by atoms with Crippen LogP contribution in [0, 0.1) is 5.82 Å². The number of aliphatic imine (C=N–C) groups is 1. The molecule has 0 bridgehead atoms. The lowest BCUT2D eigenvalue weighted by Crippen LogP contribution is -2.44. The molecule has 0 spiro atoms. The minimum atomic E-state index is -4.47. The van der Waals surface area contributed by atoms with E-state index in [1.807, 2.05) is 16.8 Å². The van der Waals surface area contributed by atoms with Crippen molar-refractivity contribution >= 4 is 23.4 Å². The number of hydrogen-bond acceptors (Lipinski definition) is 9. The van der Waals surface area contributed by atoms with Crippen LogP contribution >= 0.6 is 0 Å². The highest BCUT2D eigenvalue weighted by molar-refractivity contribution is 5.79. The summed E-state index contributed by atoms with van der Waals surface area (Å²) in [7, 11) is 2.01. The highest BCUT2D eigenvalue weighted by atomic mass is 19.4. The number of halogens is 4. The number of morpholine rings is 1. The molecule has 0 aliphatic carbocycles. The van der Waals surface area contributed by atoms with Crippen molar-refractivity contribution in [1.29, 1.82) is 0 Å². The van der Waals surface area contributed by atoms with Gasteiger partial charge in [-0.1, -0.05) is 6.07 Å². The van der Waals surface area contributed by atoms with Crippen LogP contribution in [-0.2, 0) is 24.0 Å². The van der Waals surface area contributed by atoms with Crippen molar-refractivity contribution in [2.45, 2.75) is 19.3 Å². The molecular formula is C28H32F4N8O. The van der Waals surface area contributed by atoms with Gasteiger partial charge >= 0.3 is 6.18 Å². The minimum absolute atomic E-state index is 0.112. The van der Waals surface area contributed by atoms with Crippen molar-refractivity contribution in [1.82, 2.24) is 24.8 Å². The number of nitrogens with one attached hydrogen (secondary N) is 1. The first-order valence-electron chi connectivity index (χ1n) is 13.4. The molecule has 0 amide bonds. The van der Waals surface area contributed by atoms with Crippen LogP contribution in [0.4, 0.5) is 34.8 Å². The SMILES string of the molecule is CN1CCN(Cc2ccc(Nc3ccnc(C=NCc4ncc(F)c(N5CCOCC5)n4)c3)cc2C(F)(F)F)CC1. The van der Waals surface area contributed by atoms with E-state index in [1.165, 1.54) is 6.21 Å². The Hall–Kier alpha value is -3.68. The lowest BCUT2D eigenvalue weighted by Gasteiger charge is -2.33. The first kappa shape index (κ1) is 28.8. The Morgan fingerprint density at radius 1 is 1.00 bits per heavy atom. The Labute approximate surface area is 235 Å². The molecule has 4 heterocycles.